The van der Waals surface area contributed by atoms with Crippen LogP contribution in [0.15, 0.2) is 42.7 Å². The fourth-order valence-electron chi connectivity index (χ4n) is 1.55. The molecule has 2 aromatic rings. The number of imidazole rings is 1. The number of carbonyl (C=O) groups is 1. The summed E-state index contributed by atoms with van der Waals surface area (Å²) in [5.41, 5.74) is 1.09. The molecule has 2 rings (SSSR count). The summed E-state index contributed by atoms with van der Waals surface area (Å²) in [6, 6.07) is 9.83. The Kier molecular flexibility index (Phi) is 4.49. The Morgan fingerprint density at radius 2 is 2.06 bits per heavy atom. The van der Waals surface area contributed by atoms with Crippen LogP contribution in [0.25, 0.3) is 0 Å². The molecular formula is C13H16N4O. The minimum atomic E-state index is -0.0228. The van der Waals surface area contributed by atoms with E-state index in [-0.39, 0.29) is 12.5 Å². The quantitative estimate of drug-likeness (QED) is 0.704. The summed E-state index contributed by atoms with van der Waals surface area (Å²) in [5.74, 6) is 0.802. The first kappa shape index (κ1) is 12.3. The van der Waals surface area contributed by atoms with E-state index in [4.69, 9.17) is 0 Å². The van der Waals surface area contributed by atoms with Crippen LogP contribution >= 0.6 is 0 Å². The van der Waals surface area contributed by atoms with E-state index >= 15 is 0 Å². The lowest BCUT2D eigenvalue weighted by Crippen LogP contribution is -2.33. The van der Waals surface area contributed by atoms with Crippen molar-refractivity contribution in [2.45, 2.75) is 13.1 Å². The van der Waals surface area contributed by atoms with E-state index in [0.717, 1.165) is 11.4 Å². The van der Waals surface area contributed by atoms with Crippen LogP contribution < -0.4 is 10.6 Å². The Labute approximate surface area is 106 Å². The number of amides is 1. The van der Waals surface area contributed by atoms with Crippen molar-refractivity contribution in [2.75, 3.05) is 6.54 Å². The molecule has 0 aliphatic heterocycles. The molecule has 3 N–H and O–H groups in total. The smallest absolute Gasteiger partial charge is 0.234 e. The average Bonchev–Trinajstić information content (AvgIpc) is 2.91. The number of hydrogen-bond acceptors (Lipinski definition) is 3. The molecule has 1 amide bonds. The third-order valence-electron chi connectivity index (χ3n) is 2.47. The number of carbonyl (C=O) groups excluding carboxylic acids is 1. The summed E-state index contributed by atoms with van der Waals surface area (Å²) >= 11 is 0. The number of rotatable bonds is 6. The van der Waals surface area contributed by atoms with Gasteiger partial charge in [0.15, 0.2) is 0 Å². The van der Waals surface area contributed by atoms with E-state index in [1.165, 1.54) is 0 Å². The van der Waals surface area contributed by atoms with Gasteiger partial charge in [0.05, 0.1) is 13.1 Å². The molecular weight excluding hydrogens is 228 g/mol. The van der Waals surface area contributed by atoms with Gasteiger partial charge in [-0.1, -0.05) is 30.3 Å². The predicted octanol–water partition coefficient (Wildman–Crippen LogP) is 0.816. The predicted molar refractivity (Wildman–Crippen MR) is 68.6 cm³/mol. The molecule has 18 heavy (non-hydrogen) atoms. The van der Waals surface area contributed by atoms with Crippen molar-refractivity contribution >= 4 is 5.91 Å². The molecule has 0 radical (unpaired) electrons. The molecule has 0 fully saturated rings. The monoisotopic (exact) mass is 244 g/mol. The van der Waals surface area contributed by atoms with Crippen LogP contribution in [0.5, 0.6) is 0 Å². The second-order valence-electron chi connectivity index (χ2n) is 3.90. The lowest BCUT2D eigenvalue weighted by Gasteiger charge is -2.05. The number of H-pyrrole nitrogens is 1. The maximum absolute atomic E-state index is 11.5. The molecule has 1 heterocycles. The second kappa shape index (κ2) is 6.56. The molecule has 0 unspecified atom stereocenters. The third-order valence-corrected chi connectivity index (χ3v) is 2.47. The van der Waals surface area contributed by atoms with Crippen LogP contribution in [0.4, 0.5) is 0 Å². The molecule has 1 aromatic carbocycles. The first-order valence-corrected chi connectivity index (χ1v) is 5.84. The van der Waals surface area contributed by atoms with Crippen molar-refractivity contribution in [3.8, 4) is 0 Å². The van der Waals surface area contributed by atoms with Gasteiger partial charge in [-0.2, -0.15) is 0 Å². The zero-order valence-electron chi connectivity index (χ0n) is 10.0. The van der Waals surface area contributed by atoms with E-state index in [0.29, 0.717) is 13.1 Å². The Hall–Kier alpha value is -2.14. The number of aromatic nitrogens is 2. The largest absolute Gasteiger partial charge is 0.351 e. The van der Waals surface area contributed by atoms with Crippen molar-refractivity contribution in [2.24, 2.45) is 0 Å². The van der Waals surface area contributed by atoms with Gasteiger partial charge in [-0.25, -0.2) is 4.98 Å². The summed E-state index contributed by atoms with van der Waals surface area (Å²) in [6.45, 7) is 1.40. The first-order chi connectivity index (χ1) is 8.84. The Morgan fingerprint density at radius 3 is 2.78 bits per heavy atom. The number of nitrogens with one attached hydrogen (secondary N) is 3. The van der Waals surface area contributed by atoms with Crippen LogP contribution in [0.1, 0.15) is 11.4 Å². The van der Waals surface area contributed by atoms with Gasteiger partial charge in [-0.15, -0.1) is 0 Å². The van der Waals surface area contributed by atoms with Crippen LogP contribution in [-0.4, -0.2) is 22.4 Å². The third kappa shape index (κ3) is 4.03. The van der Waals surface area contributed by atoms with Gasteiger partial charge in [0.1, 0.15) is 5.82 Å². The first-order valence-electron chi connectivity index (χ1n) is 5.84. The Bertz CT molecular complexity index is 467. The highest BCUT2D eigenvalue weighted by atomic mass is 16.1. The van der Waals surface area contributed by atoms with Crippen molar-refractivity contribution in [1.29, 1.82) is 0 Å². The Balaban J connectivity index is 1.63. The summed E-state index contributed by atoms with van der Waals surface area (Å²) in [5, 5.41) is 5.87. The molecule has 0 aliphatic carbocycles. The van der Waals surface area contributed by atoms with Gasteiger partial charge >= 0.3 is 0 Å². The van der Waals surface area contributed by atoms with E-state index in [2.05, 4.69) is 20.6 Å². The summed E-state index contributed by atoms with van der Waals surface area (Å²) in [7, 11) is 0. The van der Waals surface area contributed by atoms with Crippen LogP contribution in [0.3, 0.4) is 0 Å². The van der Waals surface area contributed by atoms with Gasteiger partial charge in [-0.05, 0) is 5.56 Å². The lowest BCUT2D eigenvalue weighted by atomic mass is 10.2. The minimum Gasteiger partial charge on any atom is -0.351 e. The highest BCUT2D eigenvalue weighted by Crippen LogP contribution is 1.96. The van der Waals surface area contributed by atoms with E-state index in [1.54, 1.807) is 12.4 Å². The molecule has 0 bridgehead atoms. The van der Waals surface area contributed by atoms with Crippen molar-refractivity contribution in [1.82, 2.24) is 20.6 Å². The average molecular weight is 244 g/mol. The molecule has 5 heteroatoms. The summed E-state index contributed by atoms with van der Waals surface area (Å²) < 4.78 is 0. The van der Waals surface area contributed by atoms with E-state index < -0.39 is 0 Å². The molecule has 5 nitrogen and oxygen atoms in total. The highest BCUT2D eigenvalue weighted by molar-refractivity contribution is 5.77. The molecule has 0 saturated carbocycles. The van der Waals surface area contributed by atoms with Gasteiger partial charge in [0.25, 0.3) is 0 Å². The number of nitrogens with zero attached hydrogens (tertiary/aromatic N) is 1. The normalized spacial score (nSPS) is 10.2. The van der Waals surface area contributed by atoms with Crippen LogP contribution in [0.2, 0.25) is 0 Å². The zero-order valence-corrected chi connectivity index (χ0v) is 10.0. The molecule has 94 valence electrons. The molecule has 1 aromatic heterocycles. The maximum Gasteiger partial charge on any atom is 0.234 e. The number of hydrogen-bond donors (Lipinski definition) is 3. The standard InChI is InChI=1S/C13H16N4O/c18-13(10-14-9-12-15-6-7-16-12)17-8-11-4-2-1-3-5-11/h1-7,14H,8-10H2,(H,15,16)(H,17,18). The van der Waals surface area contributed by atoms with E-state index in [9.17, 15) is 4.79 Å². The highest BCUT2D eigenvalue weighted by Gasteiger charge is 2.01. The molecule has 0 spiro atoms. The fourth-order valence-corrected chi connectivity index (χ4v) is 1.55. The topological polar surface area (TPSA) is 69.8 Å². The van der Waals surface area contributed by atoms with Gasteiger partial charge in [0, 0.05) is 18.9 Å². The lowest BCUT2D eigenvalue weighted by molar-refractivity contribution is -0.120. The van der Waals surface area contributed by atoms with Crippen LogP contribution in [-0.2, 0) is 17.9 Å². The molecule has 0 saturated heterocycles. The zero-order chi connectivity index (χ0) is 12.6. The summed E-state index contributed by atoms with van der Waals surface area (Å²) in [6.07, 6.45) is 3.44. The minimum absolute atomic E-state index is 0.0228. The molecule has 0 atom stereocenters. The second-order valence-corrected chi connectivity index (χ2v) is 3.90. The van der Waals surface area contributed by atoms with Crippen LogP contribution in [0, 0.1) is 0 Å². The van der Waals surface area contributed by atoms with Crippen molar-refractivity contribution < 1.29 is 4.79 Å². The SMILES string of the molecule is O=C(CNCc1ncc[nH]1)NCc1ccccc1. The van der Waals surface area contributed by atoms with Crippen molar-refractivity contribution in [3.63, 3.8) is 0 Å². The number of benzene rings is 1. The van der Waals surface area contributed by atoms with Gasteiger partial charge in [-0.3, -0.25) is 4.79 Å². The van der Waals surface area contributed by atoms with Gasteiger partial charge < -0.3 is 15.6 Å². The summed E-state index contributed by atoms with van der Waals surface area (Å²) in [4.78, 5) is 18.6. The molecule has 0 aliphatic rings. The van der Waals surface area contributed by atoms with E-state index in [1.807, 2.05) is 30.3 Å². The maximum atomic E-state index is 11.5. The number of aromatic amines is 1. The Morgan fingerprint density at radius 1 is 1.22 bits per heavy atom. The van der Waals surface area contributed by atoms with Crippen molar-refractivity contribution in [3.05, 3.63) is 54.1 Å². The fraction of sp³-hybridized carbons (Fsp3) is 0.231. The van der Waals surface area contributed by atoms with Gasteiger partial charge in [0.2, 0.25) is 5.91 Å².